The number of thioether (sulfide) groups is 1. The van der Waals surface area contributed by atoms with Crippen molar-refractivity contribution in [3.05, 3.63) is 150 Å². The van der Waals surface area contributed by atoms with Gasteiger partial charge in [-0.05, 0) is 77.1 Å². The normalized spacial score (nSPS) is 16.9. The molecule has 1 aliphatic rings. The van der Waals surface area contributed by atoms with Crippen LogP contribution >= 0.6 is 11.8 Å². The molecule has 6 rings (SSSR count). The van der Waals surface area contributed by atoms with Crippen LogP contribution in [0.3, 0.4) is 0 Å². The molecule has 3 atom stereocenters. The Balaban J connectivity index is 1.02. The van der Waals surface area contributed by atoms with E-state index in [1.807, 2.05) is 78.9 Å². The first-order valence-corrected chi connectivity index (χ1v) is 19.2. The van der Waals surface area contributed by atoms with Crippen LogP contribution in [0.25, 0.3) is 11.1 Å². The van der Waals surface area contributed by atoms with Gasteiger partial charge in [-0.1, -0.05) is 97.4 Å². The zero-order valence-electron chi connectivity index (χ0n) is 29.8. The van der Waals surface area contributed by atoms with Crippen molar-refractivity contribution >= 4 is 35.0 Å². The highest BCUT2D eigenvalue weighted by Gasteiger charge is 2.32. The first-order chi connectivity index (χ1) is 25.9. The molecule has 1 saturated heterocycles. The van der Waals surface area contributed by atoms with Crippen molar-refractivity contribution in [2.24, 2.45) is 0 Å². The van der Waals surface area contributed by atoms with Crippen molar-refractivity contribution < 1.29 is 24.2 Å². The molecule has 9 heteroatoms. The average molecular weight is 730 g/mol. The maximum absolute atomic E-state index is 12.6. The Kier molecular flexibility index (Phi) is 13.7. The third-order valence-corrected chi connectivity index (χ3v) is 10.4. The number of nitrogens with one attached hydrogen (secondary N) is 2. The minimum Gasteiger partial charge on any atom is -0.397 e. The van der Waals surface area contributed by atoms with Crippen LogP contribution in [0.5, 0.6) is 0 Å². The van der Waals surface area contributed by atoms with Crippen molar-refractivity contribution in [2.45, 2.75) is 75.1 Å². The minimum absolute atomic E-state index is 0.00378. The molecule has 5 aromatic carbocycles. The van der Waals surface area contributed by atoms with E-state index in [9.17, 15) is 14.7 Å². The van der Waals surface area contributed by atoms with E-state index in [4.69, 9.17) is 15.2 Å². The van der Waals surface area contributed by atoms with Crippen molar-refractivity contribution in [3.8, 4) is 11.1 Å². The molecule has 1 aliphatic heterocycles. The van der Waals surface area contributed by atoms with Gasteiger partial charge in [-0.15, -0.1) is 11.8 Å². The largest absolute Gasteiger partial charge is 0.397 e. The zero-order chi connectivity index (χ0) is 36.8. The average Bonchev–Trinajstić information content (AvgIpc) is 3.20. The summed E-state index contributed by atoms with van der Waals surface area (Å²) in [6, 6.07) is 42.0. The van der Waals surface area contributed by atoms with E-state index in [2.05, 4.69) is 47.0 Å². The van der Waals surface area contributed by atoms with Crippen LogP contribution in [0.2, 0.25) is 0 Å². The number of para-hydroxylation sites is 2. The van der Waals surface area contributed by atoms with Crippen LogP contribution in [0.15, 0.2) is 132 Å². The van der Waals surface area contributed by atoms with E-state index in [1.54, 1.807) is 23.9 Å². The lowest BCUT2D eigenvalue weighted by molar-refractivity contribution is -0.245. The first-order valence-electron chi connectivity index (χ1n) is 18.2. The summed E-state index contributed by atoms with van der Waals surface area (Å²) in [5, 5.41) is 15.4. The number of carbonyl (C=O) groups excluding carboxylic acids is 2. The highest BCUT2D eigenvalue weighted by molar-refractivity contribution is 7.99. The molecule has 2 amide bonds. The summed E-state index contributed by atoms with van der Waals surface area (Å²) in [6.07, 6.45) is 2.99. The Morgan fingerprint density at radius 2 is 1.43 bits per heavy atom. The van der Waals surface area contributed by atoms with Crippen molar-refractivity contribution in [1.82, 2.24) is 5.32 Å². The Morgan fingerprint density at radius 3 is 2.21 bits per heavy atom. The molecule has 0 aromatic heterocycles. The summed E-state index contributed by atoms with van der Waals surface area (Å²) < 4.78 is 13.2. The van der Waals surface area contributed by atoms with E-state index in [1.165, 1.54) is 4.90 Å². The number of hydrogen-bond acceptors (Lipinski definition) is 7. The third kappa shape index (κ3) is 11.3. The molecular weight excluding hydrogens is 683 g/mol. The van der Waals surface area contributed by atoms with Gasteiger partial charge in [0.05, 0.1) is 30.2 Å². The minimum atomic E-state index is -0.549. The fraction of sp³-hybridized carbons (Fsp3) is 0.273. The van der Waals surface area contributed by atoms with Crippen LogP contribution < -0.4 is 16.4 Å². The van der Waals surface area contributed by atoms with Gasteiger partial charge in [0.15, 0.2) is 6.29 Å². The predicted octanol–water partition coefficient (Wildman–Crippen LogP) is 8.97. The smallest absolute Gasteiger partial charge is 0.224 e. The first kappa shape index (κ1) is 37.8. The second kappa shape index (κ2) is 19.2. The number of nitrogens with two attached hydrogens (primary N) is 1. The molecule has 1 fully saturated rings. The number of rotatable bonds is 16. The van der Waals surface area contributed by atoms with Gasteiger partial charge in [-0.25, -0.2) is 0 Å². The number of anilines is 2. The van der Waals surface area contributed by atoms with Crippen molar-refractivity contribution in [2.75, 3.05) is 16.8 Å². The van der Waals surface area contributed by atoms with Crippen molar-refractivity contribution in [3.63, 3.8) is 0 Å². The molecule has 0 radical (unpaired) electrons. The quantitative estimate of drug-likeness (QED) is 0.0454. The molecule has 274 valence electrons. The SMILES string of the molecule is Nc1ccccc1NC(=O)CCCCCC(=O)NCc1cccc(-c2cccc([C@@H]3O[C@H](CSc4ccccc4)C[C@H](c4ccc(CO)cc4)O3)c2)c1. The summed E-state index contributed by atoms with van der Waals surface area (Å²) in [7, 11) is 0. The maximum atomic E-state index is 12.6. The Bertz CT molecular complexity index is 1940. The molecule has 53 heavy (non-hydrogen) atoms. The second-order valence-corrected chi connectivity index (χ2v) is 14.4. The number of benzene rings is 5. The Hall–Kier alpha value is -4.93. The summed E-state index contributed by atoms with van der Waals surface area (Å²) in [5.41, 5.74) is 13.0. The standard InChI is InChI=1S/C44H47N3O5S/c45-39-17-7-8-18-40(39)47-43(50)20-6-2-5-19-42(49)46-28-32-11-9-12-34(25-32)35-13-10-14-36(26-35)44-51-37(30-53-38-15-3-1-4-16-38)27-41(52-44)33-23-21-31(29-48)22-24-33/h1,3-4,7-18,21-26,37,41,44,48H,2,5-6,19-20,27-30,45H2,(H,46,49)(H,47,50)/t37-,41+,44+/m0/s1. The molecule has 0 aliphatic carbocycles. The lowest BCUT2D eigenvalue weighted by Gasteiger charge is -2.36. The molecule has 5 aromatic rings. The number of aliphatic hydroxyl groups is 1. The van der Waals surface area contributed by atoms with Gasteiger partial charge in [0.25, 0.3) is 0 Å². The molecule has 0 bridgehead atoms. The van der Waals surface area contributed by atoms with Gasteiger partial charge in [0.1, 0.15) is 0 Å². The predicted molar refractivity (Wildman–Crippen MR) is 212 cm³/mol. The van der Waals surface area contributed by atoms with Crippen LogP contribution in [-0.4, -0.2) is 28.8 Å². The molecule has 0 spiro atoms. The summed E-state index contributed by atoms with van der Waals surface area (Å²) in [6.45, 7) is 0.434. The van der Waals surface area contributed by atoms with Crippen LogP contribution in [0, 0.1) is 0 Å². The summed E-state index contributed by atoms with van der Waals surface area (Å²) in [4.78, 5) is 26.1. The van der Waals surface area contributed by atoms with E-state index < -0.39 is 6.29 Å². The summed E-state index contributed by atoms with van der Waals surface area (Å²) >= 11 is 1.78. The lowest BCUT2D eigenvalue weighted by Crippen LogP contribution is -2.31. The molecule has 5 N–H and O–H groups in total. The highest BCUT2D eigenvalue weighted by Crippen LogP contribution is 2.40. The zero-order valence-corrected chi connectivity index (χ0v) is 30.6. The number of hydrogen-bond donors (Lipinski definition) is 4. The highest BCUT2D eigenvalue weighted by atomic mass is 32.2. The lowest BCUT2D eigenvalue weighted by atomic mass is 9.99. The van der Waals surface area contributed by atoms with Gasteiger partial charge >= 0.3 is 0 Å². The molecule has 0 saturated carbocycles. The maximum Gasteiger partial charge on any atom is 0.224 e. The van der Waals surface area contributed by atoms with E-state index >= 15 is 0 Å². The van der Waals surface area contributed by atoms with E-state index in [0.717, 1.165) is 52.0 Å². The van der Waals surface area contributed by atoms with Gasteiger partial charge in [-0.2, -0.15) is 0 Å². The fourth-order valence-electron chi connectivity index (χ4n) is 6.31. The van der Waals surface area contributed by atoms with Crippen LogP contribution in [0.1, 0.15) is 73.2 Å². The van der Waals surface area contributed by atoms with E-state index in [-0.39, 0.29) is 30.6 Å². The second-order valence-electron chi connectivity index (χ2n) is 13.3. The molecule has 0 unspecified atom stereocenters. The van der Waals surface area contributed by atoms with E-state index in [0.29, 0.717) is 43.6 Å². The third-order valence-electron chi connectivity index (χ3n) is 9.25. The van der Waals surface area contributed by atoms with Gasteiger partial charge in [0.2, 0.25) is 11.8 Å². The molecular formula is C44H47N3O5S. The number of ether oxygens (including phenoxy) is 2. The van der Waals surface area contributed by atoms with Gasteiger partial charge < -0.3 is 30.9 Å². The van der Waals surface area contributed by atoms with Gasteiger partial charge in [-0.3, -0.25) is 9.59 Å². The van der Waals surface area contributed by atoms with Crippen LogP contribution in [-0.2, 0) is 32.2 Å². The number of aliphatic hydroxyl groups excluding tert-OH is 1. The Morgan fingerprint density at radius 1 is 0.717 bits per heavy atom. The van der Waals surface area contributed by atoms with Crippen molar-refractivity contribution in [1.29, 1.82) is 0 Å². The number of amides is 2. The number of carbonyl (C=O) groups is 2. The molecule has 8 nitrogen and oxygen atoms in total. The number of unbranched alkanes of at least 4 members (excludes halogenated alkanes) is 2. The monoisotopic (exact) mass is 729 g/mol. The molecule has 1 heterocycles. The topological polar surface area (TPSA) is 123 Å². The van der Waals surface area contributed by atoms with Crippen LogP contribution in [0.4, 0.5) is 11.4 Å². The summed E-state index contributed by atoms with van der Waals surface area (Å²) in [5.74, 6) is 0.712. The Labute approximate surface area is 316 Å². The van der Waals surface area contributed by atoms with Gasteiger partial charge in [0, 0.05) is 42.0 Å². The fourth-order valence-corrected chi connectivity index (χ4v) is 7.26. The number of nitrogen functional groups attached to an aromatic ring is 1.